The Labute approximate surface area is 109 Å². The van der Waals surface area contributed by atoms with E-state index in [1.165, 1.54) is 4.57 Å². The highest BCUT2D eigenvalue weighted by atomic mass is 16.4. The van der Waals surface area contributed by atoms with Crippen LogP contribution in [0.3, 0.4) is 0 Å². The summed E-state index contributed by atoms with van der Waals surface area (Å²) in [6, 6.07) is 5.35. The molecule has 6 heteroatoms. The van der Waals surface area contributed by atoms with Crippen molar-refractivity contribution >= 4 is 17.1 Å². The molecule has 2 N–H and O–H groups in total. The fourth-order valence-corrected chi connectivity index (χ4v) is 2.17. The van der Waals surface area contributed by atoms with Gasteiger partial charge in [0.25, 0.3) is 0 Å². The van der Waals surface area contributed by atoms with E-state index in [9.17, 15) is 9.59 Å². The van der Waals surface area contributed by atoms with Crippen LogP contribution in [0.1, 0.15) is 17.9 Å². The van der Waals surface area contributed by atoms with Gasteiger partial charge >= 0.3 is 11.7 Å². The highest BCUT2D eigenvalue weighted by molar-refractivity contribution is 5.74. The van der Waals surface area contributed by atoms with E-state index in [-0.39, 0.29) is 12.3 Å². The van der Waals surface area contributed by atoms with Gasteiger partial charge in [-0.25, -0.2) is 4.79 Å². The van der Waals surface area contributed by atoms with E-state index in [4.69, 9.17) is 9.52 Å². The number of hydrogen-bond donors (Lipinski definition) is 2. The van der Waals surface area contributed by atoms with E-state index in [1.807, 2.05) is 6.07 Å². The summed E-state index contributed by atoms with van der Waals surface area (Å²) in [7, 11) is 3.41. The topological polar surface area (TPSA) is 84.5 Å². The van der Waals surface area contributed by atoms with Crippen LogP contribution in [0.5, 0.6) is 0 Å². The number of carboxylic acids is 1. The van der Waals surface area contributed by atoms with Crippen molar-refractivity contribution in [3.63, 3.8) is 0 Å². The van der Waals surface area contributed by atoms with Crippen molar-refractivity contribution in [1.82, 2.24) is 9.88 Å². The Kier molecular flexibility index (Phi) is 3.71. The average Bonchev–Trinajstić information content (AvgIpc) is 2.63. The number of hydrogen-bond acceptors (Lipinski definition) is 4. The van der Waals surface area contributed by atoms with Gasteiger partial charge in [-0.05, 0) is 24.7 Å². The lowest BCUT2D eigenvalue weighted by Crippen LogP contribution is -2.19. The van der Waals surface area contributed by atoms with Gasteiger partial charge in [-0.1, -0.05) is 6.07 Å². The Morgan fingerprint density at radius 3 is 2.89 bits per heavy atom. The van der Waals surface area contributed by atoms with Crippen molar-refractivity contribution in [2.75, 3.05) is 13.6 Å². The second-order valence-corrected chi connectivity index (χ2v) is 4.51. The van der Waals surface area contributed by atoms with Gasteiger partial charge in [0, 0.05) is 19.5 Å². The molecule has 1 aromatic heterocycles. The van der Waals surface area contributed by atoms with Crippen LogP contribution in [0.4, 0.5) is 0 Å². The largest absolute Gasteiger partial charge is 0.481 e. The first kappa shape index (κ1) is 13.4. The summed E-state index contributed by atoms with van der Waals surface area (Å²) in [5, 5.41) is 11.9. The summed E-state index contributed by atoms with van der Waals surface area (Å²) in [6.07, 6.45) is 0.0312. The lowest BCUT2D eigenvalue weighted by Gasteiger charge is -2.14. The predicted molar refractivity (Wildman–Crippen MR) is 70.4 cm³/mol. The molecule has 0 amide bonds. The van der Waals surface area contributed by atoms with E-state index >= 15 is 0 Å². The standard InChI is InChI=1S/C13H16N2O4/c1-14-7-9(6-12(16)17)8-3-4-10-11(5-8)19-13(18)15(10)2/h3-5,9,14H,6-7H2,1-2H3,(H,16,17). The van der Waals surface area contributed by atoms with Crippen LogP contribution in [-0.4, -0.2) is 29.2 Å². The first-order valence-corrected chi connectivity index (χ1v) is 5.98. The zero-order valence-electron chi connectivity index (χ0n) is 10.8. The first-order valence-electron chi connectivity index (χ1n) is 5.98. The van der Waals surface area contributed by atoms with Crippen molar-refractivity contribution < 1.29 is 14.3 Å². The van der Waals surface area contributed by atoms with Crippen molar-refractivity contribution in [2.24, 2.45) is 7.05 Å². The minimum Gasteiger partial charge on any atom is -0.481 e. The number of oxazole rings is 1. The molecule has 0 saturated heterocycles. The number of aliphatic carboxylic acids is 1. The zero-order chi connectivity index (χ0) is 14.0. The van der Waals surface area contributed by atoms with Crippen molar-refractivity contribution in [2.45, 2.75) is 12.3 Å². The molecule has 0 bridgehead atoms. The number of likely N-dealkylation sites (N-methyl/N-ethyl adjacent to an activating group) is 1. The third-order valence-corrected chi connectivity index (χ3v) is 3.16. The molecule has 19 heavy (non-hydrogen) atoms. The normalized spacial score (nSPS) is 12.7. The van der Waals surface area contributed by atoms with Crippen LogP contribution in [0, 0.1) is 0 Å². The minimum absolute atomic E-state index is 0.0312. The summed E-state index contributed by atoms with van der Waals surface area (Å²) in [5.74, 6) is -1.43. The van der Waals surface area contributed by atoms with E-state index in [0.717, 1.165) is 5.56 Å². The van der Waals surface area contributed by atoms with Gasteiger partial charge in [-0.15, -0.1) is 0 Å². The maximum Gasteiger partial charge on any atom is 0.419 e. The maximum absolute atomic E-state index is 11.4. The highest BCUT2D eigenvalue weighted by Crippen LogP contribution is 2.23. The fraction of sp³-hybridized carbons (Fsp3) is 0.385. The fourth-order valence-electron chi connectivity index (χ4n) is 2.17. The molecule has 0 saturated carbocycles. The number of nitrogens with zero attached hydrogens (tertiary/aromatic N) is 1. The smallest absolute Gasteiger partial charge is 0.419 e. The molecule has 6 nitrogen and oxygen atoms in total. The molecule has 1 aromatic carbocycles. The summed E-state index contributed by atoms with van der Waals surface area (Å²) < 4.78 is 6.53. The number of aromatic nitrogens is 1. The number of rotatable bonds is 5. The monoisotopic (exact) mass is 264 g/mol. The summed E-state index contributed by atoms with van der Waals surface area (Å²) in [6.45, 7) is 0.550. The average molecular weight is 264 g/mol. The van der Waals surface area contributed by atoms with Crippen molar-refractivity contribution in [3.8, 4) is 0 Å². The second-order valence-electron chi connectivity index (χ2n) is 4.51. The zero-order valence-corrected chi connectivity index (χ0v) is 10.8. The van der Waals surface area contributed by atoms with E-state index in [2.05, 4.69) is 5.32 Å². The van der Waals surface area contributed by atoms with Crippen LogP contribution < -0.4 is 11.1 Å². The SMILES string of the molecule is CNCC(CC(=O)O)c1ccc2c(c1)oc(=O)n2C. The second kappa shape index (κ2) is 5.27. The molecule has 2 aromatic rings. The van der Waals surface area contributed by atoms with Crippen molar-refractivity contribution in [1.29, 1.82) is 0 Å². The molecule has 2 rings (SSSR count). The molecule has 0 aliphatic heterocycles. The third-order valence-electron chi connectivity index (χ3n) is 3.16. The molecule has 0 aliphatic rings. The Morgan fingerprint density at radius 2 is 2.26 bits per heavy atom. The summed E-state index contributed by atoms with van der Waals surface area (Å²) >= 11 is 0. The number of nitrogens with one attached hydrogen (secondary N) is 1. The third kappa shape index (κ3) is 2.68. The number of aryl methyl sites for hydroxylation is 1. The van der Waals surface area contributed by atoms with Crippen LogP contribution >= 0.6 is 0 Å². The summed E-state index contributed by atoms with van der Waals surface area (Å²) in [4.78, 5) is 22.3. The molecule has 1 atom stereocenters. The molecule has 0 aliphatic carbocycles. The molecule has 0 fully saturated rings. The molecule has 0 radical (unpaired) electrons. The Hall–Kier alpha value is -2.08. The van der Waals surface area contributed by atoms with Gasteiger partial charge < -0.3 is 14.8 Å². The van der Waals surface area contributed by atoms with E-state index < -0.39 is 11.7 Å². The Bertz CT molecular complexity index is 656. The predicted octanol–water partition coefficient (Wildman–Crippen LogP) is 0.909. The van der Waals surface area contributed by atoms with Gasteiger partial charge in [0.15, 0.2) is 5.58 Å². The molecular weight excluding hydrogens is 248 g/mol. The van der Waals surface area contributed by atoms with Crippen LogP contribution in [0.15, 0.2) is 27.4 Å². The van der Waals surface area contributed by atoms with Crippen LogP contribution in [-0.2, 0) is 11.8 Å². The quantitative estimate of drug-likeness (QED) is 0.838. The van der Waals surface area contributed by atoms with E-state index in [0.29, 0.717) is 17.6 Å². The van der Waals surface area contributed by atoms with Crippen molar-refractivity contribution in [3.05, 3.63) is 34.3 Å². The molecular formula is C13H16N2O4. The number of carboxylic acid groups (broad SMARTS) is 1. The summed E-state index contributed by atoms with van der Waals surface area (Å²) in [5.41, 5.74) is 2.03. The highest BCUT2D eigenvalue weighted by Gasteiger charge is 2.16. The van der Waals surface area contributed by atoms with Gasteiger partial charge in [-0.2, -0.15) is 0 Å². The van der Waals surface area contributed by atoms with Gasteiger partial charge in [0.1, 0.15) is 0 Å². The number of carbonyl (C=O) groups is 1. The van der Waals surface area contributed by atoms with Crippen LogP contribution in [0.2, 0.25) is 0 Å². The number of benzene rings is 1. The Morgan fingerprint density at radius 1 is 1.53 bits per heavy atom. The lowest BCUT2D eigenvalue weighted by atomic mass is 9.95. The van der Waals surface area contributed by atoms with Gasteiger partial charge in [-0.3, -0.25) is 9.36 Å². The van der Waals surface area contributed by atoms with E-state index in [1.54, 1.807) is 26.2 Å². The number of fused-ring (bicyclic) bond motifs is 1. The molecule has 1 heterocycles. The van der Waals surface area contributed by atoms with Gasteiger partial charge in [0.05, 0.1) is 11.9 Å². The van der Waals surface area contributed by atoms with Crippen LogP contribution in [0.25, 0.3) is 11.1 Å². The Balaban J connectivity index is 2.42. The van der Waals surface area contributed by atoms with Gasteiger partial charge in [0.2, 0.25) is 0 Å². The molecule has 102 valence electrons. The lowest BCUT2D eigenvalue weighted by molar-refractivity contribution is -0.137. The minimum atomic E-state index is -0.852. The molecule has 0 spiro atoms. The first-order chi connectivity index (χ1) is 9.02. The molecule has 1 unspecified atom stereocenters. The maximum atomic E-state index is 11.4.